The molecule has 4 rings (SSSR count). The van der Waals surface area contributed by atoms with Crippen LogP contribution in [0, 0.1) is 25.2 Å². The van der Waals surface area contributed by atoms with Crippen molar-refractivity contribution >= 4 is 24.0 Å². The van der Waals surface area contributed by atoms with Crippen molar-refractivity contribution in [3.63, 3.8) is 0 Å². The molecule has 2 N–H and O–H groups in total. The number of carbonyl (C=O) groups is 2. The lowest BCUT2D eigenvalue weighted by molar-refractivity contribution is 0.0257. The van der Waals surface area contributed by atoms with Crippen molar-refractivity contribution in [2.45, 2.75) is 59.3 Å². The molecule has 2 heterocycles. The van der Waals surface area contributed by atoms with E-state index in [1.54, 1.807) is 29.2 Å². The summed E-state index contributed by atoms with van der Waals surface area (Å²) in [5.74, 6) is 1.17. The fourth-order valence-electron chi connectivity index (χ4n) is 4.50. The van der Waals surface area contributed by atoms with Crippen LogP contribution in [0.2, 0.25) is 0 Å². The Kier molecular flexibility index (Phi) is 7.72. The summed E-state index contributed by atoms with van der Waals surface area (Å²) in [6, 6.07) is 12.8. The highest BCUT2D eigenvalue weighted by molar-refractivity contribution is 5.95. The molecule has 2 aliphatic rings. The van der Waals surface area contributed by atoms with Crippen LogP contribution >= 0.6 is 0 Å². The first-order chi connectivity index (χ1) is 18.1. The highest BCUT2D eigenvalue weighted by Gasteiger charge is 2.32. The minimum Gasteiger partial charge on any atom is -0.464 e. The maximum atomic E-state index is 12.8. The van der Waals surface area contributed by atoms with Crippen molar-refractivity contribution in [1.82, 2.24) is 10.2 Å². The average Bonchev–Trinajstić information content (AvgIpc) is 3.08. The van der Waals surface area contributed by atoms with E-state index in [9.17, 15) is 9.59 Å². The van der Waals surface area contributed by atoms with Gasteiger partial charge < -0.3 is 25.0 Å². The van der Waals surface area contributed by atoms with Gasteiger partial charge in [0.25, 0.3) is 0 Å². The Morgan fingerprint density at radius 1 is 1.16 bits per heavy atom. The molecule has 0 saturated carbocycles. The van der Waals surface area contributed by atoms with E-state index in [0.717, 1.165) is 34.4 Å². The summed E-state index contributed by atoms with van der Waals surface area (Å²) >= 11 is 0. The molecule has 2 aromatic carbocycles. The minimum absolute atomic E-state index is 0.345. The molecule has 38 heavy (non-hydrogen) atoms. The van der Waals surface area contributed by atoms with Crippen molar-refractivity contribution < 1.29 is 19.1 Å². The number of carbonyl (C=O) groups excluding carboxylic acids is 2. The number of nitrogens with zero attached hydrogens (tertiary/aromatic N) is 3. The molecule has 0 aromatic heterocycles. The Bertz CT molecular complexity index is 1310. The largest absolute Gasteiger partial charge is 0.464 e. The number of hydrogen-bond donors (Lipinski definition) is 2. The highest BCUT2D eigenvalue weighted by Crippen LogP contribution is 2.32. The number of amides is 1. The predicted octanol–water partition coefficient (Wildman–Crippen LogP) is 5.05. The van der Waals surface area contributed by atoms with E-state index in [4.69, 9.17) is 19.7 Å². The van der Waals surface area contributed by atoms with Gasteiger partial charge in [-0.1, -0.05) is 0 Å². The van der Waals surface area contributed by atoms with Crippen LogP contribution in [0.5, 0.6) is 5.75 Å². The maximum absolute atomic E-state index is 12.8. The Morgan fingerprint density at radius 2 is 1.82 bits per heavy atom. The zero-order valence-electron chi connectivity index (χ0n) is 22.4. The fraction of sp³-hybridized carbons (Fsp3) is 0.379. The second-order valence-corrected chi connectivity index (χ2v) is 10.5. The van der Waals surface area contributed by atoms with Gasteiger partial charge in [-0.3, -0.25) is 4.79 Å². The first kappa shape index (κ1) is 26.7. The number of aldehydes is 1. The van der Waals surface area contributed by atoms with E-state index >= 15 is 0 Å². The number of ether oxygens (including phenoxy) is 2. The number of benzene rings is 2. The molecule has 0 saturated heterocycles. The Morgan fingerprint density at radius 3 is 2.42 bits per heavy atom. The van der Waals surface area contributed by atoms with Crippen molar-refractivity contribution in [3.8, 4) is 11.8 Å². The molecule has 2 aromatic rings. The molecule has 1 unspecified atom stereocenters. The molecular weight excluding hydrogens is 482 g/mol. The lowest BCUT2D eigenvalue weighted by Gasteiger charge is -2.29. The number of nitriles is 1. The van der Waals surface area contributed by atoms with Gasteiger partial charge >= 0.3 is 6.09 Å². The van der Waals surface area contributed by atoms with Gasteiger partial charge in [-0.2, -0.15) is 5.26 Å². The molecule has 0 radical (unpaired) electrons. The van der Waals surface area contributed by atoms with Crippen molar-refractivity contribution in [2.75, 3.05) is 18.4 Å². The summed E-state index contributed by atoms with van der Waals surface area (Å²) in [5, 5.41) is 15.8. The van der Waals surface area contributed by atoms with Gasteiger partial charge in [-0.25, -0.2) is 9.79 Å². The first-order valence-electron chi connectivity index (χ1n) is 12.6. The van der Waals surface area contributed by atoms with Gasteiger partial charge in [0.1, 0.15) is 17.6 Å². The first-order valence-corrected chi connectivity index (χ1v) is 12.6. The van der Waals surface area contributed by atoms with Gasteiger partial charge in [-0.15, -0.1) is 0 Å². The van der Waals surface area contributed by atoms with E-state index in [-0.39, 0.29) is 6.09 Å². The van der Waals surface area contributed by atoms with Crippen LogP contribution in [-0.4, -0.2) is 48.2 Å². The quantitative estimate of drug-likeness (QED) is 0.548. The summed E-state index contributed by atoms with van der Waals surface area (Å²) in [5.41, 5.74) is 4.92. The van der Waals surface area contributed by atoms with Gasteiger partial charge in [0.05, 0.1) is 11.6 Å². The van der Waals surface area contributed by atoms with Gasteiger partial charge in [-0.05, 0) is 88.6 Å². The normalized spacial score (nSPS) is 17.3. The number of hydrogen-bond acceptors (Lipinski definition) is 8. The van der Waals surface area contributed by atoms with Crippen LogP contribution in [0.1, 0.15) is 60.7 Å². The molecule has 0 aliphatic carbocycles. The number of guanidine groups is 1. The van der Waals surface area contributed by atoms with E-state index in [0.29, 0.717) is 48.8 Å². The number of anilines is 1. The Hall–Kier alpha value is -4.32. The third-order valence-electron chi connectivity index (χ3n) is 6.26. The summed E-state index contributed by atoms with van der Waals surface area (Å²) in [4.78, 5) is 30.7. The summed E-state index contributed by atoms with van der Waals surface area (Å²) in [6.07, 6.45) is 0.978. The molecule has 0 spiro atoms. The molecule has 9 nitrogen and oxygen atoms in total. The highest BCUT2D eigenvalue weighted by atomic mass is 16.6. The van der Waals surface area contributed by atoms with E-state index in [1.807, 2.05) is 46.8 Å². The molecule has 0 bridgehead atoms. The van der Waals surface area contributed by atoms with Crippen LogP contribution in [0.3, 0.4) is 0 Å². The number of nitrogens with one attached hydrogen (secondary N) is 2. The van der Waals surface area contributed by atoms with Crippen LogP contribution < -0.4 is 15.4 Å². The van der Waals surface area contributed by atoms with Crippen LogP contribution in [-0.2, 0) is 4.74 Å². The van der Waals surface area contributed by atoms with E-state index < -0.39 is 11.8 Å². The van der Waals surface area contributed by atoms with E-state index in [1.165, 1.54) is 0 Å². The van der Waals surface area contributed by atoms with Crippen molar-refractivity contribution in [1.29, 1.82) is 5.26 Å². The van der Waals surface area contributed by atoms with E-state index in [2.05, 4.69) is 16.7 Å². The Labute approximate surface area is 223 Å². The second kappa shape index (κ2) is 11.0. The summed E-state index contributed by atoms with van der Waals surface area (Å²) in [7, 11) is 0. The zero-order chi connectivity index (χ0) is 27.4. The lowest BCUT2D eigenvalue weighted by Crippen LogP contribution is -2.39. The Balaban J connectivity index is 1.62. The van der Waals surface area contributed by atoms with Crippen LogP contribution in [0.4, 0.5) is 10.5 Å². The third kappa shape index (κ3) is 6.32. The molecular formula is C29H33N5O4. The molecule has 2 aliphatic heterocycles. The monoisotopic (exact) mass is 515 g/mol. The number of aliphatic imine (C=N–C) groups is 1. The smallest absolute Gasteiger partial charge is 0.410 e. The lowest BCUT2D eigenvalue weighted by atomic mass is 10.0. The van der Waals surface area contributed by atoms with Crippen molar-refractivity contribution in [2.24, 2.45) is 4.99 Å². The second-order valence-electron chi connectivity index (χ2n) is 10.5. The fourth-order valence-corrected chi connectivity index (χ4v) is 4.50. The maximum Gasteiger partial charge on any atom is 0.410 e. The van der Waals surface area contributed by atoms with Crippen LogP contribution in [0.15, 0.2) is 52.7 Å². The zero-order valence-corrected chi connectivity index (χ0v) is 22.4. The van der Waals surface area contributed by atoms with Gasteiger partial charge in [0.2, 0.25) is 12.2 Å². The van der Waals surface area contributed by atoms with Gasteiger partial charge in [0.15, 0.2) is 0 Å². The molecule has 0 fully saturated rings. The molecule has 9 heteroatoms. The third-order valence-corrected chi connectivity index (χ3v) is 6.26. The summed E-state index contributed by atoms with van der Waals surface area (Å²) < 4.78 is 12.1. The van der Waals surface area contributed by atoms with Crippen molar-refractivity contribution in [3.05, 3.63) is 69.9 Å². The summed E-state index contributed by atoms with van der Waals surface area (Å²) in [6.45, 7) is 10.3. The minimum atomic E-state index is -0.634. The molecule has 1 atom stereocenters. The number of rotatable bonds is 4. The topological polar surface area (TPSA) is 116 Å². The van der Waals surface area contributed by atoms with Gasteiger partial charge in [0, 0.05) is 42.0 Å². The molecule has 1 amide bonds. The number of aryl methyl sites for hydroxylation is 2. The average molecular weight is 516 g/mol. The standard InChI is InChI=1S/C29H33N5O4/c1-18-14-21(17-35)15-19(2)25(18)37-26-23-10-12-34(28(36)38-29(3,4)5)13-11-24(23)32-27(33-26)31-22-8-6-20(16-30)7-9-22/h6-9,14-15,17,26H,10-13H2,1-5H3,(H2,31,32,33). The SMILES string of the molecule is Cc1cc(C=O)cc(C)c1OC1N=C(Nc2ccc(C#N)cc2)NC2=C1CCN(C(=O)OC(C)(C)C)CC2. The molecule has 198 valence electrons. The predicted molar refractivity (Wildman–Crippen MR) is 145 cm³/mol. The van der Waals surface area contributed by atoms with Crippen LogP contribution in [0.25, 0.3) is 0 Å².